The SMILES string of the molecule is CCOc1ccccc1N(CC(=O)NCc1ccc2ccccc2c1)S(=O)(=O)c1ccc(C)cc1. The van der Waals surface area contributed by atoms with Gasteiger partial charge in [-0.3, -0.25) is 9.10 Å². The molecule has 4 aromatic rings. The van der Waals surface area contributed by atoms with Gasteiger partial charge in [-0.05, 0) is 60.5 Å². The number of fused-ring (bicyclic) bond motifs is 1. The lowest BCUT2D eigenvalue weighted by Gasteiger charge is -2.26. The van der Waals surface area contributed by atoms with E-state index in [4.69, 9.17) is 4.74 Å². The molecule has 0 aliphatic heterocycles. The van der Waals surface area contributed by atoms with E-state index in [9.17, 15) is 13.2 Å². The van der Waals surface area contributed by atoms with Gasteiger partial charge in [0.05, 0.1) is 17.2 Å². The Hall–Kier alpha value is -3.84. The van der Waals surface area contributed by atoms with E-state index in [1.807, 2.05) is 56.3 Å². The van der Waals surface area contributed by atoms with Crippen LogP contribution in [0.25, 0.3) is 10.8 Å². The first-order valence-corrected chi connectivity index (χ1v) is 12.9. The van der Waals surface area contributed by atoms with E-state index in [1.54, 1.807) is 48.5 Å². The smallest absolute Gasteiger partial charge is 0.264 e. The number of nitrogens with zero attached hydrogens (tertiary/aromatic N) is 1. The Morgan fingerprint density at radius 1 is 0.886 bits per heavy atom. The normalized spacial score (nSPS) is 11.3. The van der Waals surface area contributed by atoms with Crippen LogP contribution in [0, 0.1) is 6.92 Å². The third-order valence-electron chi connectivity index (χ3n) is 5.63. The fourth-order valence-electron chi connectivity index (χ4n) is 3.81. The summed E-state index contributed by atoms with van der Waals surface area (Å²) in [5, 5.41) is 5.06. The highest BCUT2D eigenvalue weighted by molar-refractivity contribution is 7.92. The summed E-state index contributed by atoms with van der Waals surface area (Å²) >= 11 is 0. The highest BCUT2D eigenvalue weighted by atomic mass is 32.2. The minimum absolute atomic E-state index is 0.108. The van der Waals surface area contributed by atoms with Crippen molar-refractivity contribution in [2.75, 3.05) is 17.5 Å². The van der Waals surface area contributed by atoms with Crippen LogP contribution in [0.4, 0.5) is 5.69 Å². The largest absolute Gasteiger partial charge is 0.492 e. The van der Waals surface area contributed by atoms with E-state index < -0.39 is 15.9 Å². The van der Waals surface area contributed by atoms with Gasteiger partial charge in [0.1, 0.15) is 12.3 Å². The van der Waals surface area contributed by atoms with Gasteiger partial charge in [0.25, 0.3) is 10.0 Å². The number of carbonyl (C=O) groups excluding carboxylic acids is 1. The molecule has 4 aromatic carbocycles. The summed E-state index contributed by atoms with van der Waals surface area (Å²) in [6.07, 6.45) is 0. The van der Waals surface area contributed by atoms with Gasteiger partial charge in [-0.25, -0.2) is 8.42 Å². The van der Waals surface area contributed by atoms with Crippen molar-refractivity contribution in [1.82, 2.24) is 5.32 Å². The Morgan fingerprint density at radius 2 is 1.57 bits per heavy atom. The molecule has 0 heterocycles. The zero-order valence-corrected chi connectivity index (χ0v) is 20.6. The Morgan fingerprint density at radius 3 is 2.31 bits per heavy atom. The van der Waals surface area contributed by atoms with Crippen molar-refractivity contribution in [3.8, 4) is 5.75 Å². The molecule has 0 bridgehead atoms. The molecule has 0 fully saturated rings. The fourth-order valence-corrected chi connectivity index (χ4v) is 5.25. The first-order chi connectivity index (χ1) is 16.9. The summed E-state index contributed by atoms with van der Waals surface area (Å²) in [4.78, 5) is 13.1. The number of rotatable bonds is 9. The maximum absolute atomic E-state index is 13.6. The van der Waals surface area contributed by atoms with Crippen molar-refractivity contribution < 1.29 is 17.9 Å². The molecule has 0 spiro atoms. The summed E-state index contributed by atoms with van der Waals surface area (Å²) in [5.74, 6) is -0.0202. The molecule has 0 unspecified atom stereocenters. The highest BCUT2D eigenvalue weighted by Crippen LogP contribution is 2.32. The van der Waals surface area contributed by atoms with Crippen molar-refractivity contribution in [2.24, 2.45) is 0 Å². The average Bonchev–Trinajstić information content (AvgIpc) is 2.87. The van der Waals surface area contributed by atoms with Crippen molar-refractivity contribution >= 4 is 32.4 Å². The Kier molecular flexibility index (Phi) is 7.36. The average molecular weight is 489 g/mol. The number of benzene rings is 4. The van der Waals surface area contributed by atoms with Crippen LogP contribution in [0.5, 0.6) is 5.75 Å². The van der Waals surface area contributed by atoms with Crippen LogP contribution in [0.1, 0.15) is 18.1 Å². The lowest BCUT2D eigenvalue weighted by Crippen LogP contribution is -2.40. The van der Waals surface area contributed by atoms with Crippen LogP contribution in [-0.2, 0) is 21.4 Å². The summed E-state index contributed by atoms with van der Waals surface area (Å²) in [6.45, 7) is 3.98. The van der Waals surface area contributed by atoms with Gasteiger partial charge in [0.2, 0.25) is 5.91 Å². The Labute approximate surface area is 206 Å². The minimum atomic E-state index is -4.03. The van der Waals surface area contributed by atoms with Crippen LogP contribution >= 0.6 is 0 Å². The minimum Gasteiger partial charge on any atom is -0.492 e. The fraction of sp³-hybridized carbons (Fsp3) is 0.179. The highest BCUT2D eigenvalue weighted by Gasteiger charge is 2.29. The van der Waals surface area contributed by atoms with E-state index in [-0.39, 0.29) is 18.0 Å². The van der Waals surface area contributed by atoms with Gasteiger partial charge < -0.3 is 10.1 Å². The summed E-state index contributed by atoms with van der Waals surface area (Å²) in [5.41, 5.74) is 2.19. The molecule has 1 N–H and O–H groups in total. The molecular formula is C28H28N2O4S. The number of sulfonamides is 1. The number of anilines is 1. The van der Waals surface area contributed by atoms with E-state index in [1.165, 1.54) is 0 Å². The summed E-state index contributed by atoms with van der Waals surface area (Å²) in [7, 11) is -4.03. The van der Waals surface area contributed by atoms with Crippen molar-refractivity contribution in [3.05, 3.63) is 102 Å². The zero-order chi connectivity index (χ0) is 24.8. The van der Waals surface area contributed by atoms with Crippen molar-refractivity contribution in [3.63, 3.8) is 0 Å². The van der Waals surface area contributed by atoms with E-state index in [0.29, 0.717) is 18.0 Å². The van der Waals surface area contributed by atoms with Crippen LogP contribution in [0.15, 0.2) is 95.9 Å². The van der Waals surface area contributed by atoms with Crippen LogP contribution in [0.2, 0.25) is 0 Å². The maximum Gasteiger partial charge on any atom is 0.264 e. The van der Waals surface area contributed by atoms with Crippen molar-refractivity contribution in [1.29, 1.82) is 0 Å². The quantitative estimate of drug-likeness (QED) is 0.357. The van der Waals surface area contributed by atoms with Gasteiger partial charge in [0.15, 0.2) is 0 Å². The third kappa shape index (κ3) is 5.63. The second-order valence-corrected chi connectivity index (χ2v) is 10.0. The first-order valence-electron chi connectivity index (χ1n) is 11.4. The van der Waals surface area contributed by atoms with Gasteiger partial charge in [0, 0.05) is 6.54 Å². The molecule has 6 nitrogen and oxygen atoms in total. The number of amides is 1. The lowest BCUT2D eigenvalue weighted by molar-refractivity contribution is -0.119. The second-order valence-electron chi connectivity index (χ2n) is 8.18. The number of carbonyl (C=O) groups is 1. The number of hydrogen-bond acceptors (Lipinski definition) is 4. The molecule has 0 radical (unpaired) electrons. The van der Waals surface area contributed by atoms with Gasteiger partial charge in [-0.1, -0.05) is 66.2 Å². The van der Waals surface area contributed by atoms with Crippen LogP contribution in [0.3, 0.4) is 0 Å². The number of nitrogens with one attached hydrogen (secondary N) is 1. The van der Waals surface area contributed by atoms with Gasteiger partial charge >= 0.3 is 0 Å². The van der Waals surface area contributed by atoms with Crippen molar-refractivity contribution in [2.45, 2.75) is 25.3 Å². The predicted molar refractivity (Wildman–Crippen MR) is 139 cm³/mol. The number of para-hydroxylation sites is 2. The molecule has 4 rings (SSSR count). The zero-order valence-electron chi connectivity index (χ0n) is 19.8. The monoisotopic (exact) mass is 488 g/mol. The molecule has 0 atom stereocenters. The van der Waals surface area contributed by atoms with Gasteiger partial charge in [-0.15, -0.1) is 0 Å². The molecule has 0 aliphatic carbocycles. The number of ether oxygens (including phenoxy) is 1. The summed E-state index contributed by atoms with van der Waals surface area (Å²) < 4.78 is 34.1. The second kappa shape index (κ2) is 10.6. The Balaban J connectivity index is 1.60. The standard InChI is InChI=1S/C28H28N2O4S/c1-3-34-27-11-7-6-10-26(27)30(35(32,33)25-16-12-21(2)13-17-25)20-28(31)29-19-22-14-15-23-8-4-5-9-24(23)18-22/h4-18H,3,19-20H2,1-2H3,(H,29,31). The molecule has 35 heavy (non-hydrogen) atoms. The first kappa shape index (κ1) is 24.3. The van der Waals surface area contributed by atoms with Crippen LogP contribution in [-0.4, -0.2) is 27.5 Å². The third-order valence-corrected chi connectivity index (χ3v) is 7.41. The molecule has 180 valence electrons. The molecular weight excluding hydrogens is 460 g/mol. The molecule has 0 saturated heterocycles. The Bertz CT molecular complexity index is 1430. The van der Waals surface area contributed by atoms with E-state index in [0.717, 1.165) is 26.2 Å². The summed E-state index contributed by atoms with van der Waals surface area (Å²) in [6, 6.07) is 27.4. The molecule has 0 saturated carbocycles. The lowest BCUT2D eigenvalue weighted by atomic mass is 10.1. The van der Waals surface area contributed by atoms with E-state index >= 15 is 0 Å². The maximum atomic E-state index is 13.6. The topological polar surface area (TPSA) is 75.7 Å². The van der Waals surface area contributed by atoms with Crippen LogP contribution < -0.4 is 14.4 Å². The molecule has 7 heteroatoms. The molecule has 0 aromatic heterocycles. The molecule has 0 aliphatic rings. The number of hydrogen-bond donors (Lipinski definition) is 1. The number of aryl methyl sites for hydroxylation is 1. The van der Waals surface area contributed by atoms with Gasteiger partial charge in [-0.2, -0.15) is 0 Å². The molecule has 1 amide bonds. The van der Waals surface area contributed by atoms with E-state index in [2.05, 4.69) is 5.32 Å². The predicted octanol–water partition coefficient (Wildman–Crippen LogP) is 5.06.